The van der Waals surface area contributed by atoms with Gasteiger partial charge in [-0.05, 0) is 36.1 Å². The SMILES string of the molecule is CCc1ccc(C2NCC(=O)N2C2CCCSC2)cc1. The molecule has 2 aliphatic heterocycles. The molecule has 0 radical (unpaired) electrons. The van der Waals surface area contributed by atoms with Gasteiger partial charge in [0.1, 0.15) is 6.17 Å². The first kappa shape index (κ1) is 14.0. The van der Waals surface area contributed by atoms with Crippen molar-refractivity contribution in [2.24, 2.45) is 0 Å². The molecule has 3 nitrogen and oxygen atoms in total. The van der Waals surface area contributed by atoms with Crippen LogP contribution in [-0.2, 0) is 11.2 Å². The first-order valence-corrected chi connectivity index (χ1v) is 8.66. The third kappa shape index (κ3) is 2.72. The third-order valence-electron chi connectivity index (χ3n) is 4.25. The third-order valence-corrected chi connectivity index (χ3v) is 5.44. The van der Waals surface area contributed by atoms with Gasteiger partial charge >= 0.3 is 0 Å². The molecule has 108 valence electrons. The van der Waals surface area contributed by atoms with Crippen LogP contribution in [-0.4, -0.2) is 34.9 Å². The molecule has 3 rings (SSSR count). The van der Waals surface area contributed by atoms with E-state index in [1.807, 2.05) is 11.8 Å². The molecule has 0 aromatic heterocycles. The van der Waals surface area contributed by atoms with E-state index in [0.717, 1.165) is 18.6 Å². The van der Waals surface area contributed by atoms with Gasteiger partial charge in [0.25, 0.3) is 0 Å². The Kier molecular flexibility index (Phi) is 4.32. The monoisotopic (exact) mass is 290 g/mol. The maximum absolute atomic E-state index is 12.2. The highest BCUT2D eigenvalue weighted by atomic mass is 32.2. The van der Waals surface area contributed by atoms with Crippen molar-refractivity contribution in [3.8, 4) is 0 Å². The maximum Gasteiger partial charge on any atom is 0.238 e. The minimum Gasteiger partial charge on any atom is -0.318 e. The van der Waals surface area contributed by atoms with E-state index in [-0.39, 0.29) is 12.1 Å². The van der Waals surface area contributed by atoms with Gasteiger partial charge in [0.05, 0.1) is 6.54 Å². The summed E-state index contributed by atoms with van der Waals surface area (Å²) in [4.78, 5) is 14.3. The molecular formula is C16H22N2OS. The number of nitrogens with one attached hydrogen (secondary N) is 1. The second-order valence-electron chi connectivity index (χ2n) is 5.55. The summed E-state index contributed by atoms with van der Waals surface area (Å²) in [6.45, 7) is 2.64. The molecule has 1 N–H and O–H groups in total. The number of amides is 1. The Morgan fingerprint density at radius 1 is 1.35 bits per heavy atom. The van der Waals surface area contributed by atoms with Gasteiger partial charge in [0.2, 0.25) is 5.91 Å². The molecule has 0 saturated carbocycles. The summed E-state index contributed by atoms with van der Waals surface area (Å²) in [5, 5.41) is 3.37. The highest BCUT2D eigenvalue weighted by Crippen LogP contribution is 2.31. The summed E-state index contributed by atoms with van der Waals surface area (Å²) >= 11 is 1.97. The quantitative estimate of drug-likeness (QED) is 0.928. The van der Waals surface area contributed by atoms with E-state index in [0.29, 0.717) is 12.6 Å². The number of nitrogens with zero attached hydrogens (tertiary/aromatic N) is 1. The molecule has 1 aromatic rings. The summed E-state index contributed by atoms with van der Waals surface area (Å²) in [6.07, 6.45) is 3.49. The lowest BCUT2D eigenvalue weighted by Crippen LogP contribution is -2.42. The van der Waals surface area contributed by atoms with Crippen LogP contribution in [0.2, 0.25) is 0 Å². The molecule has 0 spiro atoms. The van der Waals surface area contributed by atoms with Crippen molar-refractivity contribution in [3.63, 3.8) is 0 Å². The van der Waals surface area contributed by atoms with Crippen LogP contribution in [0.25, 0.3) is 0 Å². The lowest BCUT2D eigenvalue weighted by molar-refractivity contribution is -0.130. The summed E-state index contributed by atoms with van der Waals surface area (Å²) in [6, 6.07) is 9.07. The molecule has 1 amide bonds. The molecule has 2 fully saturated rings. The predicted molar refractivity (Wildman–Crippen MR) is 83.8 cm³/mol. The zero-order valence-electron chi connectivity index (χ0n) is 12.0. The summed E-state index contributed by atoms with van der Waals surface area (Å²) < 4.78 is 0. The number of benzene rings is 1. The standard InChI is InChI=1S/C16H22N2OS/c1-2-12-5-7-13(8-6-12)16-17-10-15(19)18(16)14-4-3-9-20-11-14/h5-8,14,16-17H,2-4,9-11H2,1H3. The minimum atomic E-state index is 0.0668. The largest absolute Gasteiger partial charge is 0.318 e. The fourth-order valence-corrected chi connectivity index (χ4v) is 4.23. The van der Waals surface area contributed by atoms with Crippen molar-refractivity contribution < 1.29 is 4.79 Å². The highest BCUT2D eigenvalue weighted by molar-refractivity contribution is 7.99. The van der Waals surface area contributed by atoms with E-state index >= 15 is 0 Å². The number of carbonyl (C=O) groups is 1. The van der Waals surface area contributed by atoms with Crippen LogP contribution in [0.5, 0.6) is 0 Å². The highest BCUT2D eigenvalue weighted by Gasteiger charge is 2.37. The van der Waals surface area contributed by atoms with E-state index in [1.165, 1.54) is 23.3 Å². The van der Waals surface area contributed by atoms with Gasteiger partial charge in [-0.25, -0.2) is 0 Å². The molecule has 2 unspecified atom stereocenters. The number of hydrogen-bond acceptors (Lipinski definition) is 3. The van der Waals surface area contributed by atoms with Crippen LogP contribution < -0.4 is 5.32 Å². The van der Waals surface area contributed by atoms with Crippen LogP contribution in [0.4, 0.5) is 0 Å². The molecule has 0 aliphatic carbocycles. The van der Waals surface area contributed by atoms with Gasteiger partial charge in [-0.15, -0.1) is 0 Å². The molecule has 20 heavy (non-hydrogen) atoms. The van der Waals surface area contributed by atoms with E-state index in [4.69, 9.17) is 0 Å². The zero-order valence-corrected chi connectivity index (χ0v) is 12.8. The molecule has 2 saturated heterocycles. The van der Waals surface area contributed by atoms with Crippen LogP contribution in [0.1, 0.15) is 37.1 Å². The second kappa shape index (κ2) is 6.19. The van der Waals surface area contributed by atoms with Crippen molar-refractivity contribution >= 4 is 17.7 Å². The van der Waals surface area contributed by atoms with Crippen LogP contribution in [0.3, 0.4) is 0 Å². The Labute approximate surface area is 125 Å². The van der Waals surface area contributed by atoms with Gasteiger partial charge in [-0.3, -0.25) is 10.1 Å². The van der Waals surface area contributed by atoms with Gasteiger partial charge in [-0.2, -0.15) is 11.8 Å². The maximum atomic E-state index is 12.2. The molecule has 2 atom stereocenters. The van der Waals surface area contributed by atoms with Gasteiger partial charge in [0, 0.05) is 11.8 Å². The Morgan fingerprint density at radius 2 is 2.15 bits per heavy atom. The number of carbonyl (C=O) groups excluding carboxylic acids is 1. The Bertz CT molecular complexity index is 468. The second-order valence-corrected chi connectivity index (χ2v) is 6.70. The predicted octanol–water partition coefficient (Wildman–Crippen LogP) is 2.58. The minimum absolute atomic E-state index is 0.0668. The fraction of sp³-hybridized carbons (Fsp3) is 0.562. The van der Waals surface area contributed by atoms with Crippen molar-refractivity contribution in [2.75, 3.05) is 18.1 Å². The first-order valence-electron chi connectivity index (χ1n) is 7.50. The number of hydrogen-bond donors (Lipinski definition) is 1. The first-order chi connectivity index (χ1) is 9.79. The van der Waals surface area contributed by atoms with E-state index in [9.17, 15) is 4.79 Å². The van der Waals surface area contributed by atoms with Crippen LogP contribution in [0.15, 0.2) is 24.3 Å². The average molecular weight is 290 g/mol. The van der Waals surface area contributed by atoms with Crippen LogP contribution >= 0.6 is 11.8 Å². The molecule has 0 bridgehead atoms. The fourth-order valence-electron chi connectivity index (χ4n) is 3.09. The molecule has 2 heterocycles. The molecular weight excluding hydrogens is 268 g/mol. The molecule has 1 aromatic carbocycles. The Balaban J connectivity index is 1.80. The van der Waals surface area contributed by atoms with Crippen LogP contribution in [0, 0.1) is 0 Å². The van der Waals surface area contributed by atoms with Gasteiger partial charge < -0.3 is 4.90 Å². The summed E-state index contributed by atoms with van der Waals surface area (Å²) in [7, 11) is 0. The number of rotatable bonds is 3. The van der Waals surface area contributed by atoms with Crippen molar-refractivity contribution in [3.05, 3.63) is 35.4 Å². The lowest BCUT2D eigenvalue weighted by atomic mass is 10.1. The van der Waals surface area contributed by atoms with E-state index < -0.39 is 0 Å². The summed E-state index contributed by atoms with van der Waals surface area (Å²) in [5.41, 5.74) is 2.56. The lowest BCUT2D eigenvalue weighted by Gasteiger charge is -2.35. The average Bonchev–Trinajstić information content (AvgIpc) is 2.90. The number of aryl methyl sites for hydroxylation is 1. The van der Waals surface area contributed by atoms with Crippen molar-refractivity contribution in [1.82, 2.24) is 10.2 Å². The van der Waals surface area contributed by atoms with E-state index in [2.05, 4.69) is 41.4 Å². The normalized spacial score (nSPS) is 27.1. The summed E-state index contributed by atoms with van der Waals surface area (Å²) in [5.74, 6) is 2.57. The molecule has 2 aliphatic rings. The molecule has 4 heteroatoms. The van der Waals surface area contributed by atoms with Gasteiger partial charge in [-0.1, -0.05) is 31.2 Å². The van der Waals surface area contributed by atoms with Crippen molar-refractivity contribution in [1.29, 1.82) is 0 Å². The van der Waals surface area contributed by atoms with Crippen molar-refractivity contribution in [2.45, 2.75) is 38.4 Å². The topological polar surface area (TPSA) is 32.3 Å². The number of thioether (sulfide) groups is 1. The zero-order chi connectivity index (χ0) is 13.9. The Hall–Kier alpha value is -1.00. The van der Waals surface area contributed by atoms with E-state index in [1.54, 1.807) is 0 Å². The van der Waals surface area contributed by atoms with Gasteiger partial charge in [0.15, 0.2) is 0 Å². The smallest absolute Gasteiger partial charge is 0.238 e. The Morgan fingerprint density at radius 3 is 2.80 bits per heavy atom.